The van der Waals surface area contributed by atoms with Crippen LogP contribution >= 0.6 is 0 Å². The Balaban J connectivity index is 0.000000830. The van der Waals surface area contributed by atoms with Gasteiger partial charge in [0.05, 0.1) is 17.4 Å². The van der Waals surface area contributed by atoms with Gasteiger partial charge in [-0.2, -0.15) is 23.0 Å². The van der Waals surface area contributed by atoms with Gasteiger partial charge >= 0.3 is 6.18 Å². The molecular weight excluding hydrogens is 543 g/mol. The average molecular weight is 576 g/mol. The van der Waals surface area contributed by atoms with Crippen LogP contribution in [0.1, 0.15) is 50.7 Å². The summed E-state index contributed by atoms with van der Waals surface area (Å²) in [4.78, 5) is 23.8. The van der Waals surface area contributed by atoms with Crippen molar-refractivity contribution in [2.24, 2.45) is 0 Å². The molecule has 42 heavy (non-hydrogen) atoms. The summed E-state index contributed by atoms with van der Waals surface area (Å²) >= 11 is 0. The zero-order valence-electron chi connectivity index (χ0n) is 23.8. The van der Waals surface area contributed by atoms with E-state index in [9.17, 15) is 18.0 Å². The third kappa shape index (κ3) is 5.93. The molecule has 0 atom stereocenters. The highest BCUT2D eigenvalue weighted by Crippen LogP contribution is 2.37. The van der Waals surface area contributed by atoms with Gasteiger partial charge in [0.1, 0.15) is 11.2 Å². The fourth-order valence-electron chi connectivity index (χ4n) is 4.97. The van der Waals surface area contributed by atoms with Gasteiger partial charge in [-0.15, -0.1) is 0 Å². The molecule has 0 amide bonds. The molecule has 1 fully saturated rings. The minimum atomic E-state index is -4.69. The molecule has 0 saturated carbocycles. The second-order valence-corrected chi connectivity index (χ2v) is 10.3. The second-order valence-electron chi connectivity index (χ2n) is 10.3. The lowest BCUT2D eigenvalue weighted by Gasteiger charge is -2.21. The van der Waals surface area contributed by atoms with Crippen LogP contribution in [0.5, 0.6) is 0 Å². The summed E-state index contributed by atoms with van der Waals surface area (Å²) in [6.45, 7) is 7.73. The SMILES string of the molecule is CCCC.Cc1cc(-c2cnco2)cc(-c2nn(-c3cc(N4CCCC4)ccc3C(F)(F)F)c(=O)c3ncccc23)c1. The van der Waals surface area contributed by atoms with Crippen LogP contribution in [0.3, 0.4) is 0 Å². The van der Waals surface area contributed by atoms with E-state index in [0.29, 0.717) is 28.1 Å². The number of oxazole rings is 1. The maximum absolute atomic E-state index is 14.2. The zero-order valence-corrected chi connectivity index (χ0v) is 23.8. The topological polar surface area (TPSA) is 77.0 Å². The molecule has 0 unspecified atom stereocenters. The van der Waals surface area contributed by atoms with Crippen molar-refractivity contribution in [3.63, 3.8) is 0 Å². The Kier molecular flexibility index (Phi) is 8.42. The molecule has 6 rings (SSSR count). The predicted octanol–water partition coefficient (Wildman–Crippen LogP) is 7.84. The Labute approximate surface area is 241 Å². The first-order chi connectivity index (χ1) is 20.2. The van der Waals surface area contributed by atoms with Crippen molar-refractivity contribution in [2.45, 2.75) is 52.6 Å². The summed E-state index contributed by atoms with van der Waals surface area (Å²) in [6.07, 6.45) is 4.20. The lowest BCUT2D eigenvalue weighted by molar-refractivity contribution is -0.137. The molecule has 1 aliphatic heterocycles. The normalized spacial score (nSPS) is 13.3. The van der Waals surface area contributed by atoms with Crippen LogP contribution in [0, 0.1) is 6.92 Å². The van der Waals surface area contributed by atoms with E-state index in [1.807, 2.05) is 30.0 Å². The van der Waals surface area contributed by atoms with Crippen LogP contribution < -0.4 is 10.5 Å². The van der Waals surface area contributed by atoms with Gasteiger partial charge < -0.3 is 9.32 Å². The van der Waals surface area contributed by atoms with Crippen molar-refractivity contribution in [1.82, 2.24) is 19.7 Å². The number of unbranched alkanes of at least 4 members (excludes halogenated alkanes) is 1. The van der Waals surface area contributed by atoms with Crippen molar-refractivity contribution < 1.29 is 17.6 Å². The summed E-state index contributed by atoms with van der Waals surface area (Å²) in [5, 5.41) is 4.98. The third-order valence-electron chi connectivity index (χ3n) is 7.21. The van der Waals surface area contributed by atoms with E-state index in [0.717, 1.165) is 47.8 Å². The number of hydrogen-bond donors (Lipinski definition) is 0. The Morgan fingerprint density at radius 2 is 1.71 bits per heavy atom. The number of anilines is 1. The molecule has 4 heterocycles. The molecule has 1 aliphatic rings. The molecular formula is C32H32F3N5O2. The van der Waals surface area contributed by atoms with Crippen LogP contribution in [0.25, 0.3) is 39.2 Å². The zero-order chi connectivity index (χ0) is 29.9. The van der Waals surface area contributed by atoms with Crippen LogP contribution in [-0.4, -0.2) is 32.8 Å². The number of rotatable bonds is 5. The minimum absolute atomic E-state index is 0.0277. The quantitative estimate of drug-likeness (QED) is 0.213. The first-order valence-corrected chi connectivity index (χ1v) is 14.1. The maximum atomic E-state index is 14.2. The maximum Gasteiger partial charge on any atom is 0.418 e. The van der Waals surface area contributed by atoms with Crippen molar-refractivity contribution >= 4 is 16.6 Å². The summed E-state index contributed by atoms with van der Waals surface area (Å²) in [5.41, 5.74) is 1.18. The molecule has 0 radical (unpaired) electrons. The Bertz CT molecular complexity index is 1740. The molecule has 0 aliphatic carbocycles. The van der Waals surface area contributed by atoms with Gasteiger partial charge in [-0.1, -0.05) is 26.7 Å². The predicted molar refractivity (Wildman–Crippen MR) is 158 cm³/mol. The van der Waals surface area contributed by atoms with E-state index in [1.54, 1.807) is 18.3 Å². The molecule has 218 valence electrons. The summed E-state index contributed by atoms with van der Waals surface area (Å²) in [5.74, 6) is 0.531. The van der Waals surface area contributed by atoms with E-state index in [2.05, 4.69) is 28.9 Å². The standard InChI is InChI=1S/C28H22F3N5O2.C4H10/c1-17-11-18(24-15-32-16-38-24)13-19(12-17)25-21-5-4-8-33-26(21)27(37)36(34-25)23-14-20(35-9-2-3-10-35)6-7-22(23)28(29,30)31;1-3-4-2/h4-8,11-16H,2-3,9-10H2,1H3;3-4H2,1-2H3. The third-order valence-corrected chi connectivity index (χ3v) is 7.21. The molecule has 1 saturated heterocycles. The van der Waals surface area contributed by atoms with Crippen molar-refractivity contribution in [3.05, 3.63) is 88.8 Å². The summed E-state index contributed by atoms with van der Waals surface area (Å²) < 4.78 is 48.8. The summed E-state index contributed by atoms with van der Waals surface area (Å²) in [6, 6.07) is 12.8. The fraction of sp³-hybridized carbons (Fsp3) is 0.312. The van der Waals surface area contributed by atoms with Gasteiger partial charge in [-0.05, 0) is 73.9 Å². The number of benzene rings is 2. The van der Waals surface area contributed by atoms with Crippen LogP contribution in [0.4, 0.5) is 18.9 Å². The number of halogens is 3. The second kappa shape index (κ2) is 12.2. The molecule has 2 aromatic carbocycles. The first-order valence-electron chi connectivity index (χ1n) is 14.1. The number of aromatic nitrogens is 4. The number of fused-ring (bicyclic) bond motifs is 1. The van der Waals surface area contributed by atoms with Gasteiger partial charge in [0.15, 0.2) is 12.2 Å². The highest BCUT2D eigenvalue weighted by molar-refractivity contribution is 5.92. The Hall–Kier alpha value is -4.47. The van der Waals surface area contributed by atoms with Gasteiger partial charge in [0.25, 0.3) is 5.56 Å². The van der Waals surface area contributed by atoms with Crippen LogP contribution in [0.2, 0.25) is 0 Å². The van der Waals surface area contributed by atoms with E-state index in [4.69, 9.17) is 4.42 Å². The molecule has 0 spiro atoms. The molecule has 10 heteroatoms. The van der Waals surface area contributed by atoms with Crippen LogP contribution in [-0.2, 0) is 6.18 Å². The number of hydrogen-bond acceptors (Lipinski definition) is 6. The number of nitrogens with zero attached hydrogens (tertiary/aromatic N) is 5. The van der Waals surface area contributed by atoms with Crippen LogP contribution in [0.15, 0.2) is 76.5 Å². The minimum Gasteiger partial charge on any atom is -0.444 e. The Morgan fingerprint density at radius 1 is 0.976 bits per heavy atom. The van der Waals surface area contributed by atoms with E-state index in [-0.39, 0.29) is 11.2 Å². The number of pyridine rings is 1. The van der Waals surface area contributed by atoms with Gasteiger partial charge in [-0.3, -0.25) is 9.78 Å². The number of alkyl halides is 3. The van der Waals surface area contributed by atoms with E-state index >= 15 is 0 Å². The smallest absolute Gasteiger partial charge is 0.418 e. The van der Waals surface area contributed by atoms with Crippen molar-refractivity contribution in [2.75, 3.05) is 18.0 Å². The van der Waals surface area contributed by atoms with Gasteiger partial charge in [-0.25, -0.2) is 4.98 Å². The van der Waals surface area contributed by atoms with Gasteiger partial charge in [0.2, 0.25) is 0 Å². The molecule has 0 bridgehead atoms. The van der Waals surface area contributed by atoms with Crippen molar-refractivity contribution in [3.8, 4) is 28.3 Å². The molecule has 0 N–H and O–H groups in total. The van der Waals surface area contributed by atoms with E-state index in [1.165, 1.54) is 37.6 Å². The highest BCUT2D eigenvalue weighted by Gasteiger charge is 2.35. The highest BCUT2D eigenvalue weighted by atomic mass is 19.4. The lowest BCUT2D eigenvalue weighted by atomic mass is 10.0. The monoisotopic (exact) mass is 575 g/mol. The first kappa shape index (κ1) is 29.0. The largest absolute Gasteiger partial charge is 0.444 e. The summed E-state index contributed by atoms with van der Waals surface area (Å²) in [7, 11) is 0. The lowest BCUT2D eigenvalue weighted by Crippen LogP contribution is -2.26. The fourth-order valence-corrected chi connectivity index (χ4v) is 4.97. The average Bonchev–Trinajstić information content (AvgIpc) is 3.72. The van der Waals surface area contributed by atoms with E-state index < -0.39 is 17.3 Å². The molecule has 5 aromatic rings. The number of aryl methyl sites for hydroxylation is 1. The van der Waals surface area contributed by atoms with Gasteiger partial charge in [0, 0.05) is 41.5 Å². The van der Waals surface area contributed by atoms with Crippen molar-refractivity contribution in [1.29, 1.82) is 0 Å². The Morgan fingerprint density at radius 3 is 2.38 bits per heavy atom. The molecule has 3 aromatic heterocycles. The molecule has 7 nitrogen and oxygen atoms in total.